The summed E-state index contributed by atoms with van der Waals surface area (Å²) in [6.45, 7) is 5.87. The van der Waals surface area contributed by atoms with Gasteiger partial charge in [0.15, 0.2) is 0 Å². The molecule has 5 heteroatoms. The van der Waals surface area contributed by atoms with Gasteiger partial charge in [-0.15, -0.1) is 0 Å². The quantitative estimate of drug-likeness (QED) is 0.698. The van der Waals surface area contributed by atoms with E-state index in [0.717, 1.165) is 25.8 Å². The fraction of sp³-hybridized carbons (Fsp3) is 0.667. The number of carbonyl (C=O) groups excluding carboxylic acids is 1. The molecule has 0 spiro atoms. The van der Waals surface area contributed by atoms with E-state index in [9.17, 15) is 4.79 Å². The molecule has 1 aromatic rings. The van der Waals surface area contributed by atoms with Crippen molar-refractivity contribution < 1.29 is 4.79 Å². The number of nitrogens with zero attached hydrogens (tertiary/aromatic N) is 2. The molecule has 1 rings (SSSR count). The monoisotopic (exact) mass is 238 g/mol. The summed E-state index contributed by atoms with van der Waals surface area (Å²) in [5, 5.41) is 4.08. The summed E-state index contributed by atoms with van der Waals surface area (Å²) in [7, 11) is 0. The maximum absolute atomic E-state index is 10.9. The van der Waals surface area contributed by atoms with E-state index in [-0.39, 0.29) is 5.41 Å². The summed E-state index contributed by atoms with van der Waals surface area (Å²) in [5.74, 6) is -0.430. The first-order valence-electron chi connectivity index (χ1n) is 5.97. The molecule has 0 aliphatic heterocycles. The highest BCUT2D eigenvalue weighted by Gasteiger charge is 2.14. The zero-order valence-electron chi connectivity index (χ0n) is 10.6. The Balaban J connectivity index is 2.29. The van der Waals surface area contributed by atoms with Gasteiger partial charge in [0, 0.05) is 12.7 Å². The summed E-state index contributed by atoms with van der Waals surface area (Å²) < 4.78 is 1.76. The minimum Gasteiger partial charge on any atom is -0.366 e. The van der Waals surface area contributed by atoms with Crippen LogP contribution in [0.5, 0.6) is 0 Å². The Kier molecular flexibility index (Phi) is 4.69. The number of nitrogens with two attached hydrogens (primary N) is 2. The van der Waals surface area contributed by atoms with Gasteiger partial charge in [0.05, 0.1) is 11.8 Å². The molecular weight excluding hydrogens is 216 g/mol. The molecule has 0 radical (unpaired) electrons. The topological polar surface area (TPSA) is 86.9 Å². The van der Waals surface area contributed by atoms with Crippen LogP contribution < -0.4 is 11.5 Å². The number of aromatic nitrogens is 2. The van der Waals surface area contributed by atoms with Gasteiger partial charge in [-0.3, -0.25) is 9.48 Å². The standard InChI is InChI=1S/C12H22N4O/c1-12(2,9-13)5-3-4-6-16-8-10(7-15-16)11(14)17/h7-8H,3-6,9,13H2,1-2H3,(H2,14,17). The van der Waals surface area contributed by atoms with Crippen LogP contribution >= 0.6 is 0 Å². The second-order valence-corrected chi connectivity index (χ2v) is 5.18. The van der Waals surface area contributed by atoms with Crippen molar-refractivity contribution in [3.8, 4) is 0 Å². The van der Waals surface area contributed by atoms with Gasteiger partial charge in [-0.1, -0.05) is 20.3 Å². The second-order valence-electron chi connectivity index (χ2n) is 5.18. The molecule has 0 fully saturated rings. The fourth-order valence-corrected chi connectivity index (χ4v) is 1.59. The van der Waals surface area contributed by atoms with Crippen molar-refractivity contribution >= 4 is 5.91 Å². The predicted octanol–water partition coefficient (Wildman–Crippen LogP) is 1.14. The summed E-state index contributed by atoms with van der Waals surface area (Å²) in [4.78, 5) is 10.9. The Morgan fingerprint density at radius 2 is 2.18 bits per heavy atom. The van der Waals surface area contributed by atoms with E-state index in [1.807, 2.05) is 0 Å². The van der Waals surface area contributed by atoms with E-state index in [4.69, 9.17) is 11.5 Å². The van der Waals surface area contributed by atoms with Gasteiger partial charge in [0.1, 0.15) is 0 Å². The van der Waals surface area contributed by atoms with Crippen LogP contribution in [0.4, 0.5) is 0 Å². The third-order valence-electron chi connectivity index (χ3n) is 2.96. The molecule has 1 heterocycles. The smallest absolute Gasteiger partial charge is 0.251 e. The first-order valence-corrected chi connectivity index (χ1v) is 5.97. The normalized spacial score (nSPS) is 11.7. The zero-order valence-corrected chi connectivity index (χ0v) is 10.6. The number of hydrogen-bond acceptors (Lipinski definition) is 3. The van der Waals surface area contributed by atoms with E-state index < -0.39 is 5.91 Å². The number of carbonyl (C=O) groups is 1. The predicted molar refractivity (Wildman–Crippen MR) is 67.4 cm³/mol. The number of hydrogen-bond donors (Lipinski definition) is 2. The van der Waals surface area contributed by atoms with Crippen molar-refractivity contribution in [3.05, 3.63) is 18.0 Å². The van der Waals surface area contributed by atoms with Crippen LogP contribution in [0.1, 0.15) is 43.5 Å². The summed E-state index contributed by atoms with van der Waals surface area (Å²) >= 11 is 0. The van der Waals surface area contributed by atoms with E-state index in [1.165, 1.54) is 6.20 Å². The second kappa shape index (κ2) is 5.82. The summed E-state index contributed by atoms with van der Waals surface area (Å²) in [5.41, 5.74) is 11.5. The van der Waals surface area contributed by atoms with E-state index in [0.29, 0.717) is 12.1 Å². The van der Waals surface area contributed by atoms with Crippen LogP contribution in [0.2, 0.25) is 0 Å². The summed E-state index contributed by atoms with van der Waals surface area (Å²) in [6, 6.07) is 0. The van der Waals surface area contributed by atoms with E-state index in [1.54, 1.807) is 10.9 Å². The van der Waals surface area contributed by atoms with Crippen molar-refractivity contribution in [1.29, 1.82) is 0 Å². The third kappa shape index (κ3) is 4.56. The molecule has 0 saturated carbocycles. The number of primary amides is 1. The highest BCUT2D eigenvalue weighted by molar-refractivity contribution is 5.92. The van der Waals surface area contributed by atoms with Crippen LogP contribution in [0, 0.1) is 5.41 Å². The molecule has 1 aromatic heterocycles. The molecule has 5 nitrogen and oxygen atoms in total. The Morgan fingerprint density at radius 1 is 1.47 bits per heavy atom. The largest absolute Gasteiger partial charge is 0.366 e. The van der Waals surface area contributed by atoms with E-state index >= 15 is 0 Å². The van der Waals surface area contributed by atoms with E-state index in [2.05, 4.69) is 18.9 Å². The van der Waals surface area contributed by atoms with Crippen LogP contribution in [0.25, 0.3) is 0 Å². The maximum Gasteiger partial charge on any atom is 0.251 e. The highest BCUT2D eigenvalue weighted by Crippen LogP contribution is 2.21. The van der Waals surface area contributed by atoms with Crippen LogP contribution in [0.15, 0.2) is 12.4 Å². The van der Waals surface area contributed by atoms with Gasteiger partial charge < -0.3 is 11.5 Å². The average Bonchev–Trinajstić information content (AvgIpc) is 2.73. The van der Waals surface area contributed by atoms with Gasteiger partial charge in [-0.05, 0) is 24.8 Å². The molecule has 96 valence electrons. The highest BCUT2D eigenvalue weighted by atomic mass is 16.1. The molecule has 0 atom stereocenters. The summed E-state index contributed by atoms with van der Waals surface area (Å²) in [6.07, 6.45) is 6.44. The minimum atomic E-state index is -0.430. The third-order valence-corrected chi connectivity index (χ3v) is 2.96. The maximum atomic E-state index is 10.9. The zero-order chi connectivity index (χ0) is 12.9. The lowest BCUT2D eigenvalue weighted by molar-refractivity contribution is 0.1000. The Morgan fingerprint density at radius 3 is 2.71 bits per heavy atom. The molecule has 0 aliphatic rings. The molecule has 0 aromatic carbocycles. The Bertz CT molecular complexity index is 370. The van der Waals surface area contributed by atoms with Crippen LogP contribution in [-0.4, -0.2) is 22.2 Å². The molecule has 0 bridgehead atoms. The number of aryl methyl sites for hydroxylation is 1. The molecule has 0 unspecified atom stereocenters. The molecule has 0 aliphatic carbocycles. The first kappa shape index (κ1) is 13.7. The molecular formula is C12H22N4O. The molecule has 17 heavy (non-hydrogen) atoms. The van der Waals surface area contributed by atoms with Crippen molar-refractivity contribution in [2.75, 3.05) is 6.54 Å². The Labute approximate surface area is 102 Å². The van der Waals surface area contributed by atoms with Gasteiger partial charge in [-0.25, -0.2) is 0 Å². The van der Waals surface area contributed by atoms with Gasteiger partial charge in [0.2, 0.25) is 0 Å². The lowest BCUT2D eigenvalue weighted by atomic mass is 9.87. The fourth-order valence-electron chi connectivity index (χ4n) is 1.59. The van der Waals surface area contributed by atoms with Crippen molar-refractivity contribution in [2.24, 2.45) is 16.9 Å². The Hall–Kier alpha value is -1.36. The number of unbranched alkanes of at least 4 members (excludes halogenated alkanes) is 1. The number of amides is 1. The lowest BCUT2D eigenvalue weighted by Gasteiger charge is -2.21. The average molecular weight is 238 g/mol. The SMILES string of the molecule is CC(C)(CN)CCCCn1cc(C(N)=O)cn1. The van der Waals surface area contributed by atoms with Crippen LogP contribution in [-0.2, 0) is 6.54 Å². The van der Waals surface area contributed by atoms with Crippen LogP contribution in [0.3, 0.4) is 0 Å². The van der Waals surface area contributed by atoms with Gasteiger partial charge in [-0.2, -0.15) is 5.10 Å². The first-order chi connectivity index (χ1) is 7.94. The molecule has 0 saturated heterocycles. The molecule has 1 amide bonds. The van der Waals surface area contributed by atoms with Gasteiger partial charge in [0.25, 0.3) is 5.91 Å². The van der Waals surface area contributed by atoms with Crippen molar-refractivity contribution in [3.63, 3.8) is 0 Å². The van der Waals surface area contributed by atoms with Crippen molar-refractivity contribution in [2.45, 2.75) is 39.7 Å². The van der Waals surface area contributed by atoms with Gasteiger partial charge >= 0.3 is 0 Å². The molecule has 4 N–H and O–H groups in total. The number of rotatable bonds is 7. The minimum absolute atomic E-state index is 0.211. The lowest BCUT2D eigenvalue weighted by Crippen LogP contribution is -2.23. The van der Waals surface area contributed by atoms with Crippen molar-refractivity contribution in [1.82, 2.24) is 9.78 Å².